The summed E-state index contributed by atoms with van der Waals surface area (Å²) in [5.41, 5.74) is 1.25. The van der Waals surface area contributed by atoms with Gasteiger partial charge in [0.05, 0.1) is 11.3 Å². The lowest BCUT2D eigenvalue weighted by molar-refractivity contribution is 0.0762. The third-order valence-corrected chi connectivity index (χ3v) is 4.62. The van der Waals surface area contributed by atoms with Crippen molar-refractivity contribution in [3.63, 3.8) is 0 Å². The van der Waals surface area contributed by atoms with Gasteiger partial charge in [-0.05, 0) is 19.4 Å². The molecule has 0 radical (unpaired) electrons. The number of aryl methyl sites for hydroxylation is 1. The first-order chi connectivity index (χ1) is 11.4. The topological polar surface area (TPSA) is 88.1 Å². The van der Waals surface area contributed by atoms with Crippen molar-refractivity contribution in [1.82, 2.24) is 19.4 Å². The van der Waals surface area contributed by atoms with Crippen molar-refractivity contribution in [3.8, 4) is 0 Å². The summed E-state index contributed by atoms with van der Waals surface area (Å²) in [5, 5.41) is -0.0230. The second-order valence-electron chi connectivity index (χ2n) is 5.81. The summed E-state index contributed by atoms with van der Waals surface area (Å²) in [6.45, 7) is 2.67. The van der Waals surface area contributed by atoms with Crippen LogP contribution < -0.4 is 11.1 Å². The Hall–Kier alpha value is -2.41. The summed E-state index contributed by atoms with van der Waals surface area (Å²) in [7, 11) is 1.70. The largest absolute Gasteiger partial charge is 0.338 e. The molecule has 2 aromatic rings. The molecular formula is C16H17ClN4O3. The number of amides is 1. The Labute approximate surface area is 142 Å². The number of aromatic nitrogens is 3. The Bertz CT molecular complexity index is 932. The van der Waals surface area contributed by atoms with Crippen molar-refractivity contribution >= 4 is 17.5 Å². The van der Waals surface area contributed by atoms with Crippen LogP contribution in [0, 0.1) is 6.92 Å². The molecule has 2 aromatic heterocycles. The van der Waals surface area contributed by atoms with Gasteiger partial charge in [-0.3, -0.25) is 19.0 Å². The van der Waals surface area contributed by atoms with Crippen molar-refractivity contribution in [2.45, 2.75) is 19.8 Å². The molecule has 0 atom stereocenters. The number of carbonyl (C=O) groups excluding carboxylic acids is 1. The number of hydrogen-bond donors (Lipinski definition) is 1. The van der Waals surface area contributed by atoms with Gasteiger partial charge in [-0.2, -0.15) is 0 Å². The minimum Gasteiger partial charge on any atom is -0.338 e. The molecular weight excluding hydrogens is 332 g/mol. The summed E-state index contributed by atoms with van der Waals surface area (Å²) in [4.78, 5) is 44.9. The molecule has 1 amide bonds. The van der Waals surface area contributed by atoms with E-state index in [2.05, 4.69) is 9.97 Å². The maximum absolute atomic E-state index is 12.6. The Morgan fingerprint density at radius 1 is 1.29 bits per heavy atom. The van der Waals surface area contributed by atoms with E-state index in [0.29, 0.717) is 42.9 Å². The first-order valence-corrected chi connectivity index (χ1v) is 7.99. The van der Waals surface area contributed by atoms with E-state index < -0.39 is 5.56 Å². The summed E-state index contributed by atoms with van der Waals surface area (Å²) >= 11 is 5.79. The highest BCUT2D eigenvalue weighted by Crippen LogP contribution is 2.14. The van der Waals surface area contributed by atoms with Crippen LogP contribution in [0.2, 0.25) is 5.02 Å². The number of halogens is 1. The molecule has 0 saturated carbocycles. The molecule has 0 unspecified atom stereocenters. The monoisotopic (exact) mass is 348 g/mol. The van der Waals surface area contributed by atoms with Gasteiger partial charge in [0.15, 0.2) is 0 Å². The number of H-pyrrole nitrogens is 1. The predicted molar refractivity (Wildman–Crippen MR) is 89.6 cm³/mol. The van der Waals surface area contributed by atoms with Gasteiger partial charge < -0.3 is 9.88 Å². The molecule has 126 valence electrons. The number of nitrogens with one attached hydrogen (secondary N) is 1. The van der Waals surface area contributed by atoms with E-state index in [1.165, 1.54) is 16.8 Å². The van der Waals surface area contributed by atoms with Crippen LogP contribution >= 0.6 is 11.6 Å². The highest BCUT2D eigenvalue weighted by molar-refractivity contribution is 6.30. The molecule has 0 bridgehead atoms. The Kier molecular flexibility index (Phi) is 4.28. The van der Waals surface area contributed by atoms with E-state index in [1.807, 2.05) is 0 Å². The average molecular weight is 349 g/mol. The van der Waals surface area contributed by atoms with E-state index >= 15 is 0 Å². The Morgan fingerprint density at radius 3 is 2.71 bits per heavy atom. The van der Waals surface area contributed by atoms with E-state index in [9.17, 15) is 14.4 Å². The van der Waals surface area contributed by atoms with Gasteiger partial charge >= 0.3 is 0 Å². The third kappa shape index (κ3) is 2.87. The fourth-order valence-corrected chi connectivity index (χ4v) is 3.01. The Balaban J connectivity index is 1.87. The molecule has 0 spiro atoms. The Morgan fingerprint density at radius 2 is 2.00 bits per heavy atom. The van der Waals surface area contributed by atoms with Crippen molar-refractivity contribution in [2.75, 3.05) is 13.1 Å². The summed E-state index contributed by atoms with van der Waals surface area (Å²) in [6, 6.07) is 1.36. The van der Waals surface area contributed by atoms with Crippen LogP contribution in [0.1, 0.15) is 27.4 Å². The van der Waals surface area contributed by atoms with Gasteiger partial charge in [0.25, 0.3) is 17.0 Å². The molecule has 1 aliphatic heterocycles. The molecule has 1 N–H and O–H groups in total. The zero-order valence-corrected chi connectivity index (χ0v) is 14.2. The van der Waals surface area contributed by atoms with Crippen molar-refractivity contribution < 1.29 is 4.79 Å². The van der Waals surface area contributed by atoms with Crippen LogP contribution in [0.4, 0.5) is 0 Å². The van der Waals surface area contributed by atoms with Gasteiger partial charge in [0, 0.05) is 38.3 Å². The zero-order chi connectivity index (χ0) is 17.4. The number of nitrogens with zero attached hydrogens (tertiary/aromatic N) is 3. The lowest BCUT2D eigenvalue weighted by Crippen LogP contribution is -2.34. The summed E-state index contributed by atoms with van der Waals surface area (Å²) < 4.78 is 1.53. The molecule has 24 heavy (non-hydrogen) atoms. The minimum atomic E-state index is -0.431. The number of pyridine rings is 1. The van der Waals surface area contributed by atoms with Crippen molar-refractivity contribution in [1.29, 1.82) is 0 Å². The van der Waals surface area contributed by atoms with Crippen LogP contribution in [0.25, 0.3) is 0 Å². The predicted octanol–water partition coefficient (Wildman–Crippen LogP) is 0.671. The highest BCUT2D eigenvalue weighted by Gasteiger charge is 2.23. The van der Waals surface area contributed by atoms with Crippen molar-refractivity contribution in [3.05, 3.63) is 60.6 Å². The fraction of sp³-hybridized carbons (Fsp3) is 0.375. The van der Waals surface area contributed by atoms with Crippen LogP contribution in [0.3, 0.4) is 0 Å². The third-order valence-electron chi connectivity index (χ3n) is 4.34. The molecule has 3 rings (SSSR count). The van der Waals surface area contributed by atoms with Gasteiger partial charge in [-0.15, -0.1) is 0 Å². The maximum Gasteiger partial charge on any atom is 0.266 e. The second kappa shape index (κ2) is 6.24. The van der Waals surface area contributed by atoms with E-state index in [4.69, 9.17) is 11.6 Å². The minimum absolute atomic E-state index is 0.0230. The van der Waals surface area contributed by atoms with Crippen LogP contribution in [0.15, 0.2) is 21.9 Å². The molecule has 8 heteroatoms. The van der Waals surface area contributed by atoms with Gasteiger partial charge in [-0.25, -0.2) is 4.98 Å². The molecule has 0 aliphatic carbocycles. The first kappa shape index (κ1) is 16.4. The lowest BCUT2D eigenvalue weighted by atomic mass is 10.1. The quantitative estimate of drug-likeness (QED) is 0.820. The van der Waals surface area contributed by atoms with Crippen LogP contribution in [-0.4, -0.2) is 38.4 Å². The number of rotatable bonds is 1. The molecule has 0 aromatic carbocycles. The number of carbonyl (C=O) groups is 1. The average Bonchev–Trinajstić information content (AvgIpc) is 2.77. The maximum atomic E-state index is 12.6. The molecule has 3 heterocycles. The molecule has 7 nitrogen and oxygen atoms in total. The normalized spacial score (nSPS) is 14.2. The lowest BCUT2D eigenvalue weighted by Gasteiger charge is -2.20. The van der Waals surface area contributed by atoms with Crippen LogP contribution in [-0.2, 0) is 19.9 Å². The smallest absolute Gasteiger partial charge is 0.266 e. The number of aromatic amines is 1. The van der Waals surface area contributed by atoms with Crippen molar-refractivity contribution in [2.24, 2.45) is 7.05 Å². The standard InChI is InChI=1S/C16H17ClN4O3/c1-9-19-13-4-6-21(5-3-11(13)16(24)20(9)2)15(23)10-7-12(17)14(22)18-8-10/h7-8H,3-6H2,1-2H3,(H,18,22). The molecule has 0 fully saturated rings. The fourth-order valence-electron chi connectivity index (χ4n) is 2.83. The SMILES string of the molecule is Cc1nc2c(c(=O)n1C)CCN(C(=O)c1c[nH]c(=O)c(Cl)c1)CC2. The summed E-state index contributed by atoms with van der Waals surface area (Å²) in [6.07, 6.45) is 2.34. The van der Waals surface area contributed by atoms with Gasteiger partial charge in [0.2, 0.25) is 0 Å². The number of hydrogen-bond acceptors (Lipinski definition) is 4. The molecule has 1 aliphatic rings. The molecule has 0 saturated heterocycles. The first-order valence-electron chi connectivity index (χ1n) is 7.61. The van der Waals surface area contributed by atoms with E-state index in [1.54, 1.807) is 18.9 Å². The number of fused-ring (bicyclic) bond motifs is 1. The van der Waals surface area contributed by atoms with Gasteiger partial charge in [0.1, 0.15) is 10.8 Å². The van der Waals surface area contributed by atoms with Gasteiger partial charge in [-0.1, -0.05) is 11.6 Å². The highest BCUT2D eigenvalue weighted by atomic mass is 35.5. The van der Waals surface area contributed by atoms with E-state index in [0.717, 1.165) is 5.69 Å². The zero-order valence-electron chi connectivity index (χ0n) is 13.4. The van der Waals surface area contributed by atoms with Crippen LogP contribution in [0.5, 0.6) is 0 Å². The van der Waals surface area contributed by atoms with E-state index in [-0.39, 0.29) is 16.5 Å². The summed E-state index contributed by atoms with van der Waals surface area (Å²) in [5.74, 6) is 0.431. The second-order valence-corrected chi connectivity index (χ2v) is 6.21.